The molecule has 1 unspecified atom stereocenters. The number of aliphatic hydroxyl groups excluding tert-OH is 1. The minimum absolute atomic E-state index is 0.0387. The molecule has 0 radical (unpaired) electrons. The van der Waals surface area contributed by atoms with Crippen molar-refractivity contribution in [2.24, 2.45) is 40.9 Å². The number of allylic oxidation sites excluding steroid dienone is 1. The summed E-state index contributed by atoms with van der Waals surface area (Å²) in [5, 5.41) is 14.2. The van der Waals surface area contributed by atoms with Gasteiger partial charge in [-0.15, -0.1) is 0 Å². The summed E-state index contributed by atoms with van der Waals surface area (Å²) in [5.41, 5.74) is 4.06. The lowest BCUT2D eigenvalue weighted by Crippen LogP contribution is -2.48. The van der Waals surface area contributed by atoms with Gasteiger partial charge in [0, 0.05) is 12.0 Å². The normalized spacial score (nSPS) is 56.6. The second-order valence-electron chi connectivity index (χ2n) is 13.1. The van der Waals surface area contributed by atoms with E-state index in [1.807, 2.05) is 5.57 Å². The van der Waals surface area contributed by atoms with Crippen LogP contribution in [0.4, 0.5) is 0 Å². The predicted molar refractivity (Wildman–Crippen MR) is 125 cm³/mol. The smallest absolute Gasteiger partial charge is 0.0765 e. The SMILES string of the molecule is CC1=C2C[C@H]3C(CC[C@@H]4C[C@@H](O)CC[C@@]43C)[C@@H]2CC[C@@]2(C1)O[C@@H]1C[C@H](C)CN[C@H]1[C@H]2C. The second kappa shape index (κ2) is 7.31. The number of rotatable bonds is 0. The summed E-state index contributed by atoms with van der Waals surface area (Å²) >= 11 is 0. The van der Waals surface area contributed by atoms with Gasteiger partial charge in [0.2, 0.25) is 0 Å². The van der Waals surface area contributed by atoms with Gasteiger partial charge in [-0.25, -0.2) is 0 Å². The van der Waals surface area contributed by atoms with Crippen LogP contribution in [-0.2, 0) is 4.74 Å². The van der Waals surface area contributed by atoms with Gasteiger partial charge in [-0.1, -0.05) is 31.9 Å². The molecule has 1 spiro atoms. The lowest BCUT2D eigenvalue weighted by atomic mass is 9.52. The molecule has 0 amide bonds. The predicted octanol–water partition coefficient (Wildman–Crippen LogP) is 5.47. The topological polar surface area (TPSA) is 41.5 Å². The first-order valence-electron chi connectivity index (χ1n) is 13.6. The molecule has 0 aromatic rings. The second-order valence-corrected chi connectivity index (χ2v) is 13.1. The van der Waals surface area contributed by atoms with E-state index in [2.05, 4.69) is 33.0 Å². The van der Waals surface area contributed by atoms with Crippen LogP contribution in [-0.4, -0.2) is 35.5 Å². The van der Waals surface area contributed by atoms with Crippen LogP contribution in [0, 0.1) is 40.9 Å². The summed E-state index contributed by atoms with van der Waals surface area (Å²) in [6.45, 7) is 11.1. The zero-order valence-electron chi connectivity index (χ0n) is 20.3. The Labute approximate surface area is 189 Å². The first kappa shape index (κ1) is 21.2. The van der Waals surface area contributed by atoms with Gasteiger partial charge in [0.1, 0.15) is 0 Å². The minimum Gasteiger partial charge on any atom is -0.393 e. The van der Waals surface area contributed by atoms with Crippen molar-refractivity contribution in [2.45, 2.75) is 116 Å². The molecule has 2 aliphatic heterocycles. The van der Waals surface area contributed by atoms with Crippen LogP contribution in [0.2, 0.25) is 0 Å². The Morgan fingerprint density at radius 2 is 1.90 bits per heavy atom. The lowest BCUT2D eigenvalue weighted by molar-refractivity contribution is -0.0795. The zero-order chi connectivity index (χ0) is 21.5. The first-order valence-corrected chi connectivity index (χ1v) is 13.6. The van der Waals surface area contributed by atoms with Crippen molar-refractivity contribution in [3.05, 3.63) is 11.1 Å². The van der Waals surface area contributed by atoms with Gasteiger partial charge in [-0.3, -0.25) is 0 Å². The van der Waals surface area contributed by atoms with Crippen LogP contribution in [0.25, 0.3) is 0 Å². The molecule has 2 N–H and O–H groups in total. The Balaban J connectivity index is 1.27. The van der Waals surface area contributed by atoms with Crippen molar-refractivity contribution in [3.8, 4) is 0 Å². The van der Waals surface area contributed by atoms with E-state index in [0.717, 1.165) is 49.0 Å². The highest BCUT2D eigenvalue weighted by molar-refractivity contribution is 5.29. The van der Waals surface area contributed by atoms with Crippen LogP contribution in [0.3, 0.4) is 0 Å². The molecule has 3 saturated carbocycles. The van der Waals surface area contributed by atoms with Crippen LogP contribution < -0.4 is 5.32 Å². The van der Waals surface area contributed by atoms with Crippen LogP contribution >= 0.6 is 0 Å². The molecule has 5 fully saturated rings. The maximum Gasteiger partial charge on any atom is 0.0765 e. The minimum atomic E-state index is -0.0387. The molecule has 0 aromatic carbocycles. The van der Waals surface area contributed by atoms with Gasteiger partial charge in [0.15, 0.2) is 0 Å². The van der Waals surface area contributed by atoms with Crippen LogP contribution in [0.5, 0.6) is 0 Å². The van der Waals surface area contributed by atoms with Crippen molar-refractivity contribution < 1.29 is 9.84 Å². The monoisotopic (exact) mass is 427 g/mol. The summed E-state index contributed by atoms with van der Waals surface area (Å²) in [6, 6.07) is 0.558. The number of aliphatic hydroxyl groups is 1. The van der Waals surface area contributed by atoms with E-state index >= 15 is 0 Å². The van der Waals surface area contributed by atoms with Gasteiger partial charge in [-0.05, 0) is 113 Å². The third-order valence-corrected chi connectivity index (χ3v) is 11.6. The van der Waals surface area contributed by atoms with Crippen molar-refractivity contribution in [2.75, 3.05) is 6.54 Å². The third kappa shape index (κ3) is 3.08. The van der Waals surface area contributed by atoms with Crippen molar-refractivity contribution in [1.82, 2.24) is 5.32 Å². The average Bonchev–Trinajstić information content (AvgIpc) is 3.19. The van der Waals surface area contributed by atoms with Crippen molar-refractivity contribution in [3.63, 3.8) is 0 Å². The van der Waals surface area contributed by atoms with Gasteiger partial charge in [0.25, 0.3) is 0 Å². The van der Waals surface area contributed by atoms with Crippen LogP contribution in [0.15, 0.2) is 11.1 Å². The third-order valence-electron chi connectivity index (χ3n) is 11.6. The molecule has 174 valence electrons. The number of hydrogen-bond donors (Lipinski definition) is 2. The molecular weight excluding hydrogens is 382 g/mol. The van der Waals surface area contributed by atoms with E-state index in [9.17, 15) is 5.11 Å². The molecule has 6 aliphatic rings. The first-order chi connectivity index (χ1) is 14.8. The van der Waals surface area contributed by atoms with E-state index in [1.165, 1.54) is 51.4 Å². The fourth-order valence-corrected chi connectivity index (χ4v) is 9.80. The quantitative estimate of drug-likeness (QED) is 0.504. The molecule has 31 heavy (non-hydrogen) atoms. The summed E-state index contributed by atoms with van der Waals surface area (Å²) < 4.78 is 7.02. The molecule has 0 aromatic heterocycles. The molecule has 3 heteroatoms. The number of nitrogens with one attached hydrogen (secondary N) is 1. The van der Waals surface area contributed by atoms with Gasteiger partial charge in [-0.2, -0.15) is 0 Å². The maximum atomic E-state index is 10.3. The van der Waals surface area contributed by atoms with E-state index in [0.29, 0.717) is 23.5 Å². The van der Waals surface area contributed by atoms with Gasteiger partial charge < -0.3 is 15.2 Å². The van der Waals surface area contributed by atoms with Gasteiger partial charge >= 0.3 is 0 Å². The van der Waals surface area contributed by atoms with E-state index in [1.54, 1.807) is 5.57 Å². The maximum absolute atomic E-state index is 10.3. The molecule has 4 aliphatic carbocycles. The Morgan fingerprint density at radius 3 is 2.74 bits per heavy atom. The van der Waals surface area contributed by atoms with Crippen molar-refractivity contribution >= 4 is 0 Å². The molecule has 2 heterocycles. The van der Waals surface area contributed by atoms with E-state index < -0.39 is 0 Å². The highest BCUT2D eigenvalue weighted by Crippen LogP contribution is 2.65. The fourth-order valence-electron chi connectivity index (χ4n) is 9.80. The molecular formula is C28H45NO2. The number of ether oxygens (including phenoxy) is 1. The highest BCUT2D eigenvalue weighted by Gasteiger charge is 2.59. The zero-order valence-corrected chi connectivity index (χ0v) is 20.3. The molecule has 2 saturated heterocycles. The Hall–Kier alpha value is -0.380. The Bertz CT molecular complexity index is 762. The summed E-state index contributed by atoms with van der Waals surface area (Å²) in [6.07, 6.45) is 12.8. The van der Waals surface area contributed by atoms with E-state index in [4.69, 9.17) is 4.74 Å². The Kier molecular flexibility index (Phi) is 4.99. The molecule has 3 nitrogen and oxygen atoms in total. The highest BCUT2D eigenvalue weighted by atomic mass is 16.5. The molecule has 11 atom stereocenters. The van der Waals surface area contributed by atoms with E-state index in [-0.39, 0.29) is 11.7 Å². The largest absolute Gasteiger partial charge is 0.393 e. The van der Waals surface area contributed by atoms with Crippen LogP contribution in [0.1, 0.15) is 91.9 Å². The number of piperidine rings is 1. The Morgan fingerprint density at radius 1 is 1.06 bits per heavy atom. The fraction of sp³-hybridized carbons (Fsp3) is 0.929. The summed E-state index contributed by atoms with van der Waals surface area (Å²) in [7, 11) is 0. The molecule has 6 rings (SSSR count). The summed E-state index contributed by atoms with van der Waals surface area (Å²) in [5.74, 6) is 4.64. The lowest BCUT2D eigenvalue weighted by Gasteiger charge is -2.53. The van der Waals surface area contributed by atoms with Crippen molar-refractivity contribution in [1.29, 1.82) is 0 Å². The average molecular weight is 428 g/mol. The number of hydrogen-bond acceptors (Lipinski definition) is 3. The molecule has 0 bridgehead atoms. The summed E-state index contributed by atoms with van der Waals surface area (Å²) in [4.78, 5) is 0. The standard InChI is InChI=1S/C28H45NO2/c1-16-11-25-26(29-15-16)18(3)28(31-25)10-8-21-22-6-5-19-12-20(30)7-9-27(19,4)24(22)13-23(21)17(2)14-28/h16,18-22,24-26,29-30H,5-15H2,1-4H3/t16-,18+,19+,20-,21-,22?,24-,25+,26-,27-,28-/m0/s1. The number of fused-ring (bicyclic) bond motifs is 6. The van der Waals surface area contributed by atoms with Gasteiger partial charge in [0.05, 0.1) is 17.8 Å².